The lowest BCUT2D eigenvalue weighted by Gasteiger charge is -2.23. The van der Waals surface area contributed by atoms with E-state index in [9.17, 15) is 9.18 Å². The monoisotopic (exact) mass is 358 g/mol. The normalized spacial score (nSPS) is 18.9. The van der Waals surface area contributed by atoms with E-state index >= 15 is 0 Å². The first-order valence-electron chi connectivity index (χ1n) is 7.20. The fourth-order valence-electron chi connectivity index (χ4n) is 2.72. The highest BCUT2D eigenvalue weighted by Gasteiger charge is 2.25. The van der Waals surface area contributed by atoms with Gasteiger partial charge >= 0.3 is 0 Å². The highest BCUT2D eigenvalue weighted by Crippen LogP contribution is 2.22. The topological polar surface area (TPSA) is 52.6 Å². The van der Waals surface area contributed by atoms with Crippen LogP contribution in [0.25, 0.3) is 0 Å². The molecule has 6 heteroatoms. The molecule has 0 aliphatic carbocycles. The highest BCUT2D eigenvalue weighted by atomic mass is 79.9. The number of nitrogens with zero attached hydrogens (tertiary/aromatic N) is 1. The number of carbonyl (C=O) groups is 1. The summed E-state index contributed by atoms with van der Waals surface area (Å²) in [5.74, 6) is -0.650. The zero-order valence-corrected chi connectivity index (χ0v) is 13.4. The minimum absolute atomic E-state index is 0.181. The van der Waals surface area contributed by atoms with Gasteiger partial charge in [-0.1, -0.05) is 15.9 Å². The molecule has 0 radical (unpaired) electrons. The Morgan fingerprint density at radius 1 is 1.52 bits per heavy atom. The summed E-state index contributed by atoms with van der Waals surface area (Å²) in [6, 6.07) is 4.91. The van der Waals surface area contributed by atoms with Gasteiger partial charge in [-0.25, -0.2) is 4.39 Å². The smallest absolute Gasteiger partial charge is 0.238 e. The Morgan fingerprint density at radius 3 is 3.05 bits per heavy atom. The molecule has 0 bridgehead atoms. The molecule has 1 aliphatic rings. The Hall–Kier alpha value is -0.980. The highest BCUT2D eigenvalue weighted by molar-refractivity contribution is 9.10. The van der Waals surface area contributed by atoms with E-state index in [1.807, 2.05) is 0 Å². The Kier molecular flexibility index (Phi) is 6.14. The van der Waals surface area contributed by atoms with Crippen LogP contribution in [0.3, 0.4) is 0 Å². The third-order valence-corrected chi connectivity index (χ3v) is 4.24. The van der Waals surface area contributed by atoms with Crippen LogP contribution in [0, 0.1) is 5.82 Å². The molecule has 21 heavy (non-hydrogen) atoms. The summed E-state index contributed by atoms with van der Waals surface area (Å²) >= 11 is 3.18. The molecule has 2 N–H and O–H groups in total. The van der Waals surface area contributed by atoms with Crippen molar-refractivity contribution in [3.8, 4) is 0 Å². The van der Waals surface area contributed by atoms with E-state index < -0.39 is 5.82 Å². The van der Waals surface area contributed by atoms with Crippen molar-refractivity contribution in [1.82, 2.24) is 4.90 Å². The van der Waals surface area contributed by atoms with Gasteiger partial charge in [-0.05, 0) is 50.4 Å². The molecule has 1 amide bonds. The number of amides is 1. The lowest BCUT2D eigenvalue weighted by molar-refractivity contribution is -0.117. The summed E-state index contributed by atoms with van der Waals surface area (Å²) < 4.78 is 14.3. The summed E-state index contributed by atoms with van der Waals surface area (Å²) in [6.07, 6.45) is 3.77. The molecular weight excluding hydrogens is 339 g/mol. The Balaban J connectivity index is 1.89. The number of hydrogen-bond acceptors (Lipinski definition) is 3. The van der Waals surface area contributed by atoms with Crippen LogP contribution >= 0.6 is 15.9 Å². The Bertz CT molecular complexity index is 499. The number of carbonyl (C=O) groups excluding carboxylic acids is 1. The second kappa shape index (κ2) is 7.87. The molecule has 1 aromatic rings. The van der Waals surface area contributed by atoms with Gasteiger partial charge in [-0.15, -0.1) is 0 Å². The molecule has 1 aliphatic heterocycles. The summed E-state index contributed by atoms with van der Waals surface area (Å²) in [5.41, 5.74) is 0.203. The minimum atomic E-state index is -0.448. The molecule has 4 nitrogen and oxygen atoms in total. The van der Waals surface area contributed by atoms with Crippen molar-refractivity contribution in [3.63, 3.8) is 0 Å². The number of benzene rings is 1. The number of rotatable bonds is 6. The van der Waals surface area contributed by atoms with Gasteiger partial charge in [0.25, 0.3) is 0 Å². The van der Waals surface area contributed by atoms with Gasteiger partial charge in [0.15, 0.2) is 0 Å². The minimum Gasteiger partial charge on any atom is -0.396 e. The summed E-state index contributed by atoms with van der Waals surface area (Å²) in [5, 5.41) is 11.5. The largest absolute Gasteiger partial charge is 0.396 e. The van der Waals surface area contributed by atoms with E-state index in [1.54, 1.807) is 12.1 Å². The number of hydrogen-bond donors (Lipinski definition) is 2. The van der Waals surface area contributed by atoms with Gasteiger partial charge in [-0.3, -0.25) is 9.69 Å². The number of anilines is 1. The zero-order valence-electron chi connectivity index (χ0n) is 11.8. The first-order valence-corrected chi connectivity index (χ1v) is 7.99. The van der Waals surface area contributed by atoms with E-state index in [0.29, 0.717) is 10.5 Å². The fraction of sp³-hybridized carbons (Fsp3) is 0.533. The molecule has 0 saturated carbocycles. The van der Waals surface area contributed by atoms with Crippen molar-refractivity contribution < 1.29 is 14.3 Å². The Morgan fingerprint density at radius 2 is 2.33 bits per heavy atom. The van der Waals surface area contributed by atoms with Crippen LogP contribution in [0.4, 0.5) is 10.1 Å². The second-order valence-electron chi connectivity index (χ2n) is 5.30. The van der Waals surface area contributed by atoms with Crippen LogP contribution in [0.1, 0.15) is 25.7 Å². The van der Waals surface area contributed by atoms with E-state index in [-0.39, 0.29) is 24.7 Å². The van der Waals surface area contributed by atoms with Gasteiger partial charge in [0, 0.05) is 17.1 Å². The van der Waals surface area contributed by atoms with Crippen LogP contribution in [-0.4, -0.2) is 41.7 Å². The summed E-state index contributed by atoms with van der Waals surface area (Å²) in [4.78, 5) is 14.2. The maximum absolute atomic E-state index is 13.7. The average Bonchev–Trinajstić information content (AvgIpc) is 2.87. The predicted octanol–water partition coefficient (Wildman–Crippen LogP) is 2.76. The number of likely N-dealkylation sites (tertiary alicyclic amines) is 1. The fourth-order valence-corrected chi connectivity index (χ4v) is 3.06. The average molecular weight is 359 g/mol. The second-order valence-corrected chi connectivity index (χ2v) is 6.22. The van der Waals surface area contributed by atoms with Crippen molar-refractivity contribution in [3.05, 3.63) is 28.5 Å². The van der Waals surface area contributed by atoms with Crippen molar-refractivity contribution in [1.29, 1.82) is 0 Å². The first kappa shape index (κ1) is 16.4. The van der Waals surface area contributed by atoms with E-state index in [0.717, 1.165) is 32.2 Å². The summed E-state index contributed by atoms with van der Waals surface area (Å²) in [6.45, 7) is 1.33. The number of nitrogens with one attached hydrogen (secondary N) is 1. The number of aliphatic hydroxyl groups is 1. The molecule has 1 unspecified atom stereocenters. The quantitative estimate of drug-likeness (QED) is 0.821. The molecule has 1 atom stereocenters. The third kappa shape index (κ3) is 4.76. The molecule has 1 saturated heterocycles. The molecule has 1 aromatic carbocycles. The third-order valence-electron chi connectivity index (χ3n) is 3.75. The maximum atomic E-state index is 13.7. The van der Waals surface area contributed by atoms with Crippen molar-refractivity contribution in [2.24, 2.45) is 0 Å². The molecular formula is C15H20BrFN2O2. The van der Waals surface area contributed by atoms with Crippen LogP contribution in [0.15, 0.2) is 22.7 Å². The molecule has 2 rings (SSSR count). The van der Waals surface area contributed by atoms with E-state index in [4.69, 9.17) is 5.11 Å². The lowest BCUT2D eigenvalue weighted by atomic mass is 10.1. The zero-order chi connectivity index (χ0) is 15.2. The first-order chi connectivity index (χ1) is 10.1. The Labute approximate surface area is 132 Å². The molecule has 0 aromatic heterocycles. The van der Waals surface area contributed by atoms with Crippen LogP contribution in [0.5, 0.6) is 0 Å². The molecule has 0 spiro atoms. The van der Waals surface area contributed by atoms with Gasteiger partial charge < -0.3 is 10.4 Å². The molecule has 1 fully saturated rings. The van der Waals surface area contributed by atoms with E-state index in [1.165, 1.54) is 6.07 Å². The predicted molar refractivity (Wildman–Crippen MR) is 83.6 cm³/mol. The maximum Gasteiger partial charge on any atom is 0.238 e. The van der Waals surface area contributed by atoms with Gasteiger partial charge in [-0.2, -0.15) is 0 Å². The molecule has 1 heterocycles. The van der Waals surface area contributed by atoms with Gasteiger partial charge in [0.1, 0.15) is 5.82 Å². The summed E-state index contributed by atoms with van der Waals surface area (Å²) in [7, 11) is 0. The lowest BCUT2D eigenvalue weighted by Crippen LogP contribution is -2.37. The van der Waals surface area contributed by atoms with Crippen LogP contribution in [-0.2, 0) is 4.79 Å². The number of halogens is 2. The van der Waals surface area contributed by atoms with Crippen LogP contribution < -0.4 is 5.32 Å². The van der Waals surface area contributed by atoms with Gasteiger partial charge in [0.2, 0.25) is 5.91 Å². The van der Waals surface area contributed by atoms with Crippen molar-refractivity contribution in [2.45, 2.75) is 31.7 Å². The van der Waals surface area contributed by atoms with Crippen molar-refractivity contribution in [2.75, 3.05) is 25.0 Å². The van der Waals surface area contributed by atoms with Gasteiger partial charge in [0.05, 0.1) is 12.2 Å². The standard InChI is InChI=1S/C15H20BrFN2O2/c16-11-5-6-14(13(17)9-11)18-15(21)10-19-7-1-3-12(19)4-2-8-20/h5-6,9,12,20H,1-4,7-8,10H2,(H,18,21). The van der Waals surface area contributed by atoms with Crippen LogP contribution in [0.2, 0.25) is 0 Å². The SMILES string of the molecule is O=C(CN1CCCC1CCCO)Nc1ccc(Br)cc1F. The molecule has 116 valence electrons. The van der Waals surface area contributed by atoms with E-state index in [2.05, 4.69) is 26.1 Å². The van der Waals surface area contributed by atoms with Crippen molar-refractivity contribution >= 4 is 27.5 Å². The number of aliphatic hydroxyl groups excluding tert-OH is 1.